The van der Waals surface area contributed by atoms with Crippen molar-refractivity contribution in [2.45, 2.75) is 26.2 Å². The lowest BCUT2D eigenvalue weighted by molar-refractivity contribution is -0.153. The number of nitrogens with one attached hydrogen (secondary N) is 2. The van der Waals surface area contributed by atoms with Crippen LogP contribution < -0.4 is 15.4 Å². The predicted octanol–water partition coefficient (Wildman–Crippen LogP) is 3.94. The second-order valence-electron chi connectivity index (χ2n) is 5.23. The summed E-state index contributed by atoms with van der Waals surface area (Å²) in [5, 5.41) is 10.3. The Labute approximate surface area is 148 Å². The topological polar surface area (TPSA) is 45.7 Å². The Hall–Kier alpha value is -2.22. The normalized spacial score (nSPS) is 12.1. The molecule has 0 radical (unpaired) electrons. The van der Waals surface area contributed by atoms with Crippen LogP contribution in [-0.4, -0.2) is 25.3 Å². The Bertz CT molecular complexity index is 672. The minimum Gasteiger partial charge on any atom is -0.484 e. The molecule has 0 saturated carbocycles. The highest BCUT2D eigenvalue weighted by Crippen LogP contribution is 2.19. The highest BCUT2D eigenvalue weighted by molar-refractivity contribution is 7.07. The first kappa shape index (κ1) is 19.1. The van der Waals surface area contributed by atoms with Gasteiger partial charge in [0.1, 0.15) is 5.75 Å². The lowest BCUT2D eigenvalue weighted by Crippen LogP contribution is -2.36. The third kappa shape index (κ3) is 7.47. The molecule has 0 bridgehead atoms. The van der Waals surface area contributed by atoms with Crippen LogP contribution in [0.1, 0.15) is 18.1 Å². The van der Waals surface area contributed by atoms with Gasteiger partial charge in [0.15, 0.2) is 12.6 Å². The molecule has 8 heteroatoms. The summed E-state index contributed by atoms with van der Waals surface area (Å²) in [5.41, 5.74) is 1.94. The number of aliphatic imine (C=N–C) groups is 1. The Morgan fingerprint density at radius 1 is 1.20 bits per heavy atom. The van der Waals surface area contributed by atoms with Crippen LogP contribution in [0.4, 0.5) is 13.2 Å². The van der Waals surface area contributed by atoms with Crippen molar-refractivity contribution in [3.63, 3.8) is 0 Å². The van der Waals surface area contributed by atoms with Crippen LogP contribution in [0.3, 0.4) is 0 Å². The van der Waals surface area contributed by atoms with Crippen molar-refractivity contribution in [1.82, 2.24) is 10.6 Å². The minimum atomic E-state index is -4.35. The van der Waals surface area contributed by atoms with Gasteiger partial charge in [-0.05, 0) is 47.0 Å². The van der Waals surface area contributed by atoms with Gasteiger partial charge in [0.05, 0.1) is 6.54 Å². The van der Waals surface area contributed by atoms with E-state index in [9.17, 15) is 13.2 Å². The Kier molecular flexibility index (Phi) is 7.12. The zero-order valence-electron chi connectivity index (χ0n) is 13.8. The molecule has 0 fully saturated rings. The molecule has 4 nitrogen and oxygen atoms in total. The molecule has 2 aromatic rings. The van der Waals surface area contributed by atoms with Gasteiger partial charge >= 0.3 is 6.18 Å². The third-order valence-electron chi connectivity index (χ3n) is 3.10. The van der Waals surface area contributed by atoms with Crippen molar-refractivity contribution in [3.05, 3.63) is 52.2 Å². The van der Waals surface area contributed by atoms with E-state index in [4.69, 9.17) is 4.74 Å². The van der Waals surface area contributed by atoms with Gasteiger partial charge in [-0.25, -0.2) is 4.99 Å². The molecule has 0 atom stereocenters. The Morgan fingerprint density at radius 2 is 2.04 bits per heavy atom. The van der Waals surface area contributed by atoms with Crippen molar-refractivity contribution in [2.75, 3.05) is 13.2 Å². The highest BCUT2D eigenvalue weighted by atomic mass is 32.1. The van der Waals surface area contributed by atoms with Gasteiger partial charge in [0.25, 0.3) is 0 Å². The first-order valence-corrected chi connectivity index (χ1v) is 8.72. The Morgan fingerprint density at radius 3 is 2.72 bits per heavy atom. The molecule has 1 aromatic heterocycles. The maximum Gasteiger partial charge on any atom is 0.422 e. The smallest absolute Gasteiger partial charge is 0.422 e. The fourth-order valence-electron chi connectivity index (χ4n) is 1.99. The summed E-state index contributed by atoms with van der Waals surface area (Å²) in [7, 11) is 0. The highest BCUT2D eigenvalue weighted by Gasteiger charge is 2.28. The molecule has 0 aliphatic rings. The van der Waals surface area contributed by atoms with E-state index in [1.807, 2.05) is 29.8 Å². The minimum absolute atomic E-state index is 0.192. The summed E-state index contributed by atoms with van der Waals surface area (Å²) < 4.78 is 41.4. The summed E-state index contributed by atoms with van der Waals surface area (Å²) in [6.07, 6.45) is -4.35. The largest absolute Gasteiger partial charge is 0.484 e. The summed E-state index contributed by atoms with van der Waals surface area (Å²) in [6, 6.07) is 8.58. The van der Waals surface area contributed by atoms with Gasteiger partial charge in [0, 0.05) is 13.1 Å². The van der Waals surface area contributed by atoms with E-state index in [0.717, 1.165) is 11.1 Å². The van der Waals surface area contributed by atoms with Crippen LogP contribution in [0.2, 0.25) is 0 Å². The van der Waals surface area contributed by atoms with Crippen LogP contribution in [0.25, 0.3) is 0 Å². The second kappa shape index (κ2) is 9.31. The average Bonchev–Trinajstić information content (AvgIpc) is 3.09. The lowest BCUT2D eigenvalue weighted by Gasteiger charge is -2.13. The van der Waals surface area contributed by atoms with Crippen molar-refractivity contribution < 1.29 is 17.9 Å². The van der Waals surface area contributed by atoms with Crippen LogP contribution >= 0.6 is 11.3 Å². The van der Waals surface area contributed by atoms with Gasteiger partial charge in [-0.2, -0.15) is 24.5 Å². The van der Waals surface area contributed by atoms with Gasteiger partial charge in [-0.15, -0.1) is 0 Å². The molecular weight excluding hydrogens is 351 g/mol. The number of rotatable bonds is 7. The molecule has 0 amide bonds. The molecule has 0 spiro atoms. The van der Waals surface area contributed by atoms with Crippen LogP contribution in [0.15, 0.2) is 46.1 Å². The maximum absolute atomic E-state index is 12.2. The van der Waals surface area contributed by atoms with Crippen LogP contribution in [-0.2, 0) is 13.1 Å². The van der Waals surface area contributed by atoms with Crippen LogP contribution in [0.5, 0.6) is 5.75 Å². The molecule has 25 heavy (non-hydrogen) atoms. The van der Waals surface area contributed by atoms with E-state index in [0.29, 0.717) is 25.6 Å². The molecule has 136 valence electrons. The SMILES string of the molecule is CCNC(=NCc1ccsc1)NCc1cccc(OCC(F)(F)F)c1. The van der Waals surface area contributed by atoms with Gasteiger partial charge < -0.3 is 15.4 Å². The zero-order chi connectivity index (χ0) is 18.1. The van der Waals surface area contributed by atoms with Crippen molar-refractivity contribution in [2.24, 2.45) is 4.99 Å². The maximum atomic E-state index is 12.2. The van der Waals surface area contributed by atoms with Gasteiger partial charge in [0.2, 0.25) is 0 Å². The lowest BCUT2D eigenvalue weighted by atomic mass is 10.2. The van der Waals surface area contributed by atoms with Gasteiger partial charge in [-0.3, -0.25) is 0 Å². The summed E-state index contributed by atoms with van der Waals surface area (Å²) in [4.78, 5) is 4.48. The van der Waals surface area contributed by atoms with E-state index in [-0.39, 0.29) is 5.75 Å². The van der Waals surface area contributed by atoms with Gasteiger partial charge in [-0.1, -0.05) is 12.1 Å². The molecule has 0 aliphatic heterocycles. The third-order valence-corrected chi connectivity index (χ3v) is 3.84. The number of thiophene rings is 1. The Balaban J connectivity index is 1.92. The monoisotopic (exact) mass is 371 g/mol. The molecule has 0 aliphatic carbocycles. The number of hydrogen-bond donors (Lipinski definition) is 2. The molecular formula is C17H20F3N3OS. The first-order valence-electron chi connectivity index (χ1n) is 7.78. The van der Waals surface area contributed by atoms with Crippen LogP contribution in [0, 0.1) is 0 Å². The molecule has 0 unspecified atom stereocenters. The number of hydrogen-bond acceptors (Lipinski definition) is 3. The van der Waals surface area contributed by atoms with Crippen molar-refractivity contribution in [1.29, 1.82) is 0 Å². The first-order chi connectivity index (χ1) is 12.0. The van der Waals surface area contributed by atoms with E-state index >= 15 is 0 Å². The van der Waals surface area contributed by atoms with E-state index < -0.39 is 12.8 Å². The quantitative estimate of drug-likeness (QED) is 0.572. The number of benzene rings is 1. The van der Waals surface area contributed by atoms with E-state index in [2.05, 4.69) is 15.6 Å². The fraction of sp³-hybridized carbons (Fsp3) is 0.353. The number of ether oxygens (including phenoxy) is 1. The molecule has 2 N–H and O–H groups in total. The molecule has 0 saturated heterocycles. The number of halogens is 3. The number of nitrogens with zero attached hydrogens (tertiary/aromatic N) is 1. The molecule has 2 rings (SSSR count). The summed E-state index contributed by atoms with van der Waals surface area (Å²) >= 11 is 1.62. The fourth-order valence-corrected chi connectivity index (χ4v) is 2.65. The zero-order valence-corrected chi connectivity index (χ0v) is 14.6. The van der Waals surface area contributed by atoms with Crippen molar-refractivity contribution >= 4 is 17.3 Å². The standard InChI is InChI=1S/C17H20F3N3OS/c1-2-21-16(23-10-14-6-7-25-11-14)22-9-13-4-3-5-15(8-13)24-12-17(18,19)20/h3-8,11H,2,9-10,12H2,1H3,(H2,21,22,23). The number of alkyl halides is 3. The summed E-state index contributed by atoms with van der Waals surface area (Å²) in [5.74, 6) is 0.840. The molecule has 1 aromatic carbocycles. The van der Waals surface area contributed by atoms with E-state index in [1.54, 1.807) is 23.5 Å². The van der Waals surface area contributed by atoms with E-state index in [1.165, 1.54) is 6.07 Å². The average molecular weight is 371 g/mol. The number of guanidine groups is 1. The molecule has 1 heterocycles. The summed E-state index contributed by atoms with van der Waals surface area (Å²) in [6.45, 7) is 2.37. The second-order valence-corrected chi connectivity index (χ2v) is 6.01. The predicted molar refractivity (Wildman–Crippen MR) is 94.0 cm³/mol. The van der Waals surface area contributed by atoms with Crippen molar-refractivity contribution in [3.8, 4) is 5.75 Å².